The van der Waals surface area contributed by atoms with E-state index in [4.69, 9.17) is 21.1 Å². The molecule has 1 aromatic heterocycles. The van der Waals surface area contributed by atoms with Crippen LogP contribution in [0.4, 0.5) is 5.69 Å². The highest BCUT2D eigenvalue weighted by atomic mass is 35.5. The number of aromatic nitrogens is 3. The maximum Gasteiger partial charge on any atom is 0.251 e. The molecule has 184 valence electrons. The highest BCUT2D eigenvalue weighted by Crippen LogP contribution is 2.28. The topological polar surface area (TPSA) is 107 Å². The molecule has 11 heteroatoms. The van der Waals surface area contributed by atoms with Gasteiger partial charge in [0.15, 0.2) is 5.16 Å². The molecule has 0 aliphatic carbocycles. The summed E-state index contributed by atoms with van der Waals surface area (Å²) in [5, 5.41) is 15.2. The number of halogens is 1. The van der Waals surface area contributed by atoms with E-state index in [9.17, 15) is 9.59 Å². The third kappa shape index (κ3) is 7.24. The predicted molar refractivity (Wildman–Crippen MR) is 137 cm³/mol. The summed E-state index contributed by atoms with van der Waals surface area (Å²) in [4.78, 5) is 24.9. The van der Waals surface area contributed by atoms with Crippen LogP contribution in [-0.2, 0) is 17.8 Å². The summed E-state index contributed by atoms with van der Waals surface area (Å²) in [5.41, 5.74) is 1.03. The minimum atomic E-state index is -0.239. The molecule has 2 N–H and O–H groups in total. The van der Waals surface area contributed by atoms with Gasteiger partial charge in [-0.3, -0.25) is 9.59 Å². The van der Waals surface area contributed by atoms with Crippen LogP contribution in [0.5, 0.6) is 11.5 Å². The number of carbonyl (C=O) groups is 2. The lowest BCUT2D eigenvalue weighted by Gasteiger charge is -2.11. The third-order valence-electron chi connectivity index (χ3n) is 4.86. The van der Waals surface area contributed by atoms with Gasteiger partial charge in [0, 0.05) is 30.1 Å². The van der Waals surface area contributed by atoms with Gasteiger partial charge in [-0.2, -0.15) is 0 Å². The fourth-order valence-corrected chi connectivity index (χ4v) is 4.09. The summed E-state index contributed by atoms with van der Waals surface area (Å²) in [5.74, 6) is 1.56. The molecule has 1 heterocycles. The maximum absolute atomic E-state index is 12.5. The largest absolute Gasteiger partial charge is 0.497 e. The number of thioether (sulfide) groups is 1. The first-order chi connectivity index (χ1) is 16.9. The Hall–Kier alpha value is -3.50. The minimum Gasteiger partial charge on any atom is -0.497 e. The van der Waals surface area contributed by atoms with Gasteiger partial charge in [0.2, 0.25) is 5.91 Å². The number of nitrogens with zero attached hydrogens (tertiary/aromatic N) is 3. The van der Waals surface area contributed by atoms with Crippen LogP contribution in [0.15, 0.2) is 60.3 Å². The Kier molecular flexibility index (Phi) is 9.56. The molecule has 2 amide bonds. The molecule has 0 saturated heterocycles. The van der Waals surface area contributed by atoms with Crippen molar-refractivity contribution in [2.45, 2.75) is 18.1 Å². The second-order valence-corrected chi connectivity index (χ2v) is 8.59. The van der Waals surface area contributed by atoms with Crippen molar-refractivity contribution in [3.8, 4) is 11.5 Å². The van der Waals surface area contributed by atoms with Crippen molar-refractivity contribution in [2.75, 3.05) is 31.8 Å². The number of benzene rings is 2. The predicted octanol–water partition coefficient (Wildman–Crippen LogP) is 3.84. The number of carbonyl (C=O) groups excluding carboxylic acids is 2. The number of amides is 2. The Morgan fingerprint density at radius 3 is 2.60 bits per heavy atom. The zero-order chi connectivity index (χ0) is 25.2. The molecule has 0 aliphatic rings. The highest BCUT2D eigenvalue weighted by molar-refractivity contribution is 7.99. The average Bonchev–Trinajstić information content (AvgIpc) is 3.24. The monoisotopic (exact) mass is 515 g/mol. The number of anilines is 1. The quantitative estimate of drug-likeness (QED) is 0.279. The molecule has 0 atom stereocenters. The van der Waals surface area contributed by atoms with Crippen molar-refractivity contribution in [3.05, 3.63) is 71.5 Å². The lowest BCUT2D eigenvalue weighted by molar-refractivity contribution is -0.113. The first kappa shape index (κ1) is 26.1. The molecule has 9 nitrogen and oxygen atoms in total. The number of methoxy groups -OCH3 is 2. The number of rotatable bonds is 12. The van der Waals surface area contributed by atoms with Crippen LogP contribution in [0.1, 0.15) is 16.2 Å². The molecule has 2 aromatic carbocycles. The van der Waals surface area contributed by atoms with Crippen molar-refractivity contribution >= 4 is 40.9 Å². The standard InChI is InChI=1S/C24H26ClN5O4S/c1-4-13-30-21(11-12-26-23(32)16-5-8-18(33-2)9-6-16)28-29-24(30)35-15-22(31)27-19-14-17(25)7-10-20(19)34-3/h4-10,14H,1,11-13,15H2,2-3H3,(H,26,32)(H,27,31). The number of hydrogen-bond acceptors (Lipinski definition) is 7. The zero-order valence-electron chi connectivity index (χ0n) is 19.4. The Labute approximate surface area is 212 Å². The summed E-state index contributed by atoms with van der Waals surface area (Å²) in [6, 6.07) is 11.9. The van der Waals surface area contributed by atoms with Crippen LogP contribution in [0.2, 0.25) is 5.02 Å². The van der Waals surface area contributed by atoms with E-state index in [0.29, 0.717) is 58.3 Å². The van der Waals surface area contributed by atoms with Gasteiger partial charge >= 0.3 is 0 Å². The zero-order valence-corrected chi connectivity index (χ0v) is 21.0. The molecule has 3 aromatic rings. The summed E-state index contributed by atoms with van der Waals surface area (Å²) in [7, 11) is 3.09. The van der Waals surface area contributed by atoms with E-state index in [1.807, 2.05) is 4.57 Å². The fraction of sp³-hybridized carbons (Fsp3) is 0.250. The number of ether oxygens (including phenoxy) is 2. The minimum absolute atomic E-state index is 0.110. The summed E-state index contributed by atoms with van der Waals surface area (Å²) in [6.07, 6.45) is 2.19. The number of allylic oxidation sites excluding steroid dienone is 1. The Balaban J connectivity index is 1.56. The molecule has 0 radical (unpaired) electrons. The van der Waals surface area contributed by atoms with E-state index >= 15 is 0 Å². The van der Waals surface area contributed by atoms with E-state index in [-0.39, 0.29) is 17.6 Å². The van der Waals surface area contributed by atoms with Gasteiger partial charge in [-0.25, -0.2) is 0 Å². The molecule has 0 aliphatic heterocycles. The first-order valence-electron chi connectivity index (χ1n) is 10.7. The summed E-state index contributed by atoms with van der Waals surface area (Å²) in [6.45, 7) is 4.64. The van der Waals surface area contributed by atoms with Crippen LogP contribution in [0.25, 0.3) is 0 Å². The van der Waals surface area contributed by atoms with Gasteiger partial charge in [-0.15, -0.1) is 16.8 Å². The Morgan fingerprint density at radius 2 is 1.91 bits per heavy atom. The van der Waals surface area contributed by atoms with E-state index < -0.39 is 0 Å². The summed E-state index contributed by atoms with van der Waals surface area (Å²) >= 11 is 7.27. The highest BCUT2D eigenvalue weighted by Gasteiger charge is 2.15. The van der Waals surface area contributed by atoms with Crippen LogP contribution >= 0.6 is 23.4 Å². The smallest absolute Gasteiger partial charge is 0.251 e. The number of hydrogen-bond donors (Lipinski definition) is 2. The Morgan fingerprint density at radius 1 is 1.14 bits per heavy atom. The molecule has 3 rings (SSSR count). The first-order valence-corrected chi connectivity index (χ1v) is 12.0. The average molecular weight is 516 g/mol. The second-order valence-electron chi connectivity index (χ2n) is 7.21. The summed E-state index contributed by atoms with van der Waals surface area (Å²) < 4.78 is 12.2. The SMILES string of the molecule is C=CCn1c(CCNC(=O)c2ccc(OC)cc2)nnc1SCC(=O)Nc1cc(Cl)ccc1OC. The van der Waals surface area contributed by atoms with Crippen molar-refractivity contribution in [2.24, 2.45) is 0 Å². The van der Waals surface area contributed by atoms with E-state index in [0.717, 1.165) is 0 Å². The molecule has 0 unspecified atom stereocenters. The molecule has 0 spiro atoms. The molecule has 0 fully saturated rings. The number of nitrogens with one attached hydrogen (secondary N) is 2. The molecular weight excluding hydrogens is 490 g/mol. The second kappa shape index (κ2) is 12.8. The van der Waals surface area contributed by atoms with Gasteiger partial charge in [-0.05, 0) is 42.5 Å². The molecule has 35 heavy (non-hydrogen) atoms. The van der Waals surface area contributed by atoms with Gasteiger partial charge < -0.3 is 24.7 Å². The van der Waals surface area contributed by atoms with Gasteiger partial charge in [-0.1, -0.05) is 29.4 Å². The maximum atomic E-state index is 12.5. The van der Waals surface area contributed by atoms with Crippen molar-refractivity contribution in [3.63, 3.8) is 0 Å². The van der Waals surface area contributed by atoms with Crippen LogP contribution < -0.4 is 20.1 Å². The van der Waals surface area contributed by atoms with Gasteiger partial charge in [0.05, 0.1) is 25.7 Å². The normalized spacial score (nSPS) is 10.5. The van der Waals surface area contributed by atoms with Gasteiger partial charge in [0.1, 0.15) is 17.3 Å². The molecular formula is C24H26ClN5O4S. The van der Waals surface area contributed by atoms with E-state index in [1.165, 1.54) is 18.9 Å². The van der Waals surface area contributed by atoms with Gasteiger partial charge in [0.25, 0.3) is 5.91 Å². The van der Waals surface area contributed by atoms with Crippen LogP contribution in [-0.4, -0.2) is 53.1 Å². The third-order valence-corrected chi connectivity index (χ3v) is 6.06. The van der Waals surface area contributed by atoms with Crippen molar-refractivity contribution in [1.29, 1.82) is 0 Å². The molecule has 0 saturated carbocycles. The van der Waals surface area contributed by atoms with E-state index in [1.54, 1.807) is 55.7 Å². The lowest BCUT2D eigenvalue weighted by atomic mass is 10.2. The van der Waals surface area contributed by atoms with E-state index in [2.05, 4.69) is 27.4 Å². The van der Waals surface area contributed by atoms with Crippen LogP contribution in [0, 0.1) is 0 Å². The molecule has 0 bridgehead atoms. The lowest BCUT2D eigenvalue weighted by Crippen LogP contribution is -2.26. The van der Waals surface area contributed by atoms with Crippen molar-refractivity contribution in [1.82, 2.24) is 20.1 Å². The Bertz CT molecular complexity index is 1180. The van der Waals surface area contributed by atoms with Crippen LogP contribution in [0.3, 0.4) is 0 Å². The fourth-order valence-electron chi connectivity index (χ4n) is 3.15. The van der Waals surface area contributed by atoms with Crippen molar-refractivity contribution < 1.29 is 19.1 Å².